The topological polar surface area (TPSA) is 76.0 Å². The van der Waals surface area contributed by atoms with E-state index in [-0.39, 0.29) is 13.2 Å². The maximum atomic E-state index is 10.9. The SMILES string of the molecule is CCCCOCC(=O)OCC(O)CO. The number of rotatable bonds is 8. The van der Waals surface area contributed by atoms with E-state index in [1.54, 1.807) is 0 Å². The lowest BCUT2D eigenvalue weighted by molar-refractivity contribution is -0.152. The quantitative estimate of drug-likeness (QED) is 0.421. The zero-order valence-corrected chi connectivity index (χ0v) is 8.44. The van der Waals surface area contributed by atoms with Gasteiger partial charge in [-0.2, -0.15) is 0 Å². The van der Waals surface area contributed by atoms with Crippen LogP contribution in [0.15, 0.2) is 0 Å². The fourth-order valence-corrected chi connectivity index (χ4v) is 0.685. The molecule has 5 nitrogen and oxygen atoms in total. The summed E-state index contributed by atoms with van der Waals surface area (Å²) >= 11 is 0. The lowest BCUT2D eigenvalue weighted by atomic mass is 10.4. The van der Waals surface area contributed by atoms with Gasteiger partial charge in [-0.3, -0.25) is 0 Å². The molecule has 0 radical (unpaired) electrons. The second kappa shape index (κ2) is 8.93. The molecular weight excluding hydrogens is 188 g/mol. The molecule has 1 atom stereocenters. The van der Waals surface area contributed by atoms with Crippen LogP contribution in [-0.2, 0) is 14.3 Å². The van der Waals surface area contributed by atoms with E-state index in [0.29, 0.717) is 6.61 Å². The van der Waals surface area contributed by atoms with Crippen LogP contribution >= 0.6 is 0 Å². The van der Waals surface area contributed by atoms with Gasteiger partial charge in [0, 0.05) is 6.61 Å². The van der Waals surface area contributed by atoms with Gasteiger partial charge in [0.1, 0.15) is 19.3 Å². The molecule has 0 aliphatic rings. The number of aliphatic hydroxyl groups is 2. The molecular formula is C9H18O5. The Kier molecular flexibility index (Phi) is 8.51. The Labute approximate surface area is 83.6 Å². The van der Waals surface area contributed by atoms with Crippen molar-refractivity contribution in [2.45, 2.75) is 25.9 Å². The molecule has 0 spiro atoms. The molecule has 0 aromatic rings. The lowest BCUT2D eigenvalue weighted by Gasteiger charge is -2.08. The van der Waals surface area contributed by atoms with Crippen LogP contribution in [0.5, 0.6) is 0 Å². The van der Waals surface area contributed by atoms with E-state index in [4.69, 9.17) is 14.9 Å². The van der Waals surface area contributed by atoms with Gasteiger partial charge in [0.25, 0.3) is 0 Å². The van der Waals surface area contributed by atoms with Gasteiger partial charge in [0.05, 0.1) is 6.61 Å². The number of carbonyl (C=O) groups is 1. The van der Waals surface area contributed by atoms with Crippen molar-refractivity contribution in [1.29, 1.82) is 0 Å². The summed E-state index contributed by atoms with van der Waals surface area (Å²) < 4.78 is 9.58. The van der Waals surface area contributed by atoms with Crippen LogP contribution in [0.1, 0.15) is 19.8 Å². The van der Waals surface area contributed by atoms with Gasteiger partial charge in [0.2, 0.25) is 0 Å². The minimum absolute atomic E-state index is 0.0991. The Morgan fingerprint density at radius 1 is 1.50 bits per heavy atom. The molecule has 0 aromatic heterocycles. The Morgan fingerprint density at radius 3 is 2.79 bits per heavy atom. The van der Waals surface area contributed by atoms with Crippen LogP contribution in [0.3, 0.4) is 0 Å². The van der Waals surface area contributed by atoms with Gasteiger partial charge in [0.15, 0.2) is 0 Å². The van der Waals surface area contributed by atoms with E-state index in [2.05, 4.69) is 4.74 Å². The van der Waals surface area contributed by atoms with Gasteiger partial charge in [-0.1, -0.05) is 13.3 Å². The second-order valence-corrected chi connectivity index (χ2v) is 2.93. The zero-order chi connectivity index (χ0) is 10.8. The minimum Gasteiger partial charge on any atom is -0.461 e. The van der Waals surface area contributed by atoms with E-state index in [1.165, 1.54) is 0 Å². The average molecular weight is 206 g/mol. The Hall–Kier alpha value is -0.650. The second-order valence-electron chi connectivity index (χ2n) is 2.93. The van der Waals surface area contributed by atoms with Crippen LogP contribution in [0.25, 0.3) is 0 Å². The normalized spacial score (nSPS) is 12.5. The molecule has 1 unspecified atom stereocenters. The van der Waals surface area contributed by atoms with E-state index in [1.807, 2.05) is 6.92 Å². The molecule has 0 amide bonds. The number of unbranched alkanes of at least 4 members (excludes halogenated alkanes) is 1. The molecule has 5 heteroatoms. The molecule has 0 bridgehead atoms. The van der Waals surface area contributed by atoms with Crippen LogP contribution in [0.4, 0.5) is 0 Å². The maximum Gasteiger partial charge on any atom is 0.332 e. The monoisotopic (exact) mass is 206 g/mol. The number of ether oxygens (including phenoxy) is 2. The highest BCUT2D eigenvalue weighted by Gasteiger charge is 2.07. The van der Waals surface area contributed by atoms with Gasteiger partial charge < -0.3 is 19.7 Å². The molecule has 0 rings (SSSR count). The fourth-order valence-electron chi connectivity index (χ4n) is 0.685. The molecule has 84 valence electrons. The number of hydrogen-bond donors (Lipinski definition) is 2. The molecule has 2 N–H and O–H groups in total. The summed E-state index contributed by atoms with van der Waals surface area (Å²) in [5.74, 6) is -0.520. The van der Waals surface area contributed by atoms with Crippen LogP contribution in [0, 0.1) is 0 Å². The molecule has 0 saturated heterocycles. The summed E-state index contributed by atoms with van der Waals surface area (Å²) in [6, 6.07) is 0. The molecule has 14 heavy (non-hydrogen) atoms. The molecule has 0 fully saturated rings. The third-order valence-electron chi connectivity index (χ3n) is 1.51. The minimum atomic E-state index is -1.01. The first-order valence-corrected chi connectivity index (χ1v) is 4.73. The Bertz CT molecular complexity index is 148. The van der Waals surface area contributed by atoms with Crippen molar-refractivity contribution < 1.29 is 24.5 Å². The van der Waals surface area contributed by atoms with Crippen molar-refractivity contribution in [3.63, 3.8) is 0 Å². The van der Waals surface area contributed by atoms with Crippen molar-refractivity contribution in [2.75, 3.05) is 26.4 Å². The van der Waals surface area contributed by atoms with Crippen LogP contribution in [0.2, 0.25) is 0 Å². The first-order chi connectivity index (χ1) is 6.70. The largest absolute Gasteiger partial charge is 0.461 e. The third kappa shape index (κ3) is 7.97. The third-order valence-corrected chi connectivity index (χ3v) is 1.51. The zero-order valence-electron chi connectivity index (χ0n) is 8.44. The van der Waals surface area contributed by atoms with E-state index < -0.39 is 18.7 Å². The van der Waals surface area contributed by atoms with Crippen LogP contribution in [-0.4, -0.2) is 48.7 Å². The number of aliphatic hydroxyl groups excluding tert-OH is 2. The Balaban J connectivity index is 3.28. The highest BCUT2D eigenvalue weighted by atomic mass is 16.6. The predicted molar refractivity (Wildman–Crippen MR) is 49.8 cm³/mol. The summed E-state index contributed by atoms with van der Waals surface area (Å²) in [5, 5.41) is 17.3. The van der Waals surface area contributed by atoms with E-state index in [9.17, 15) is 4.79 Å². The van der Waals surface area contributed by atoms with Gasteiger partial charge >= 0.3 is 5.97 Å². The summed E-state index contributed by atoms with van der Waals surface area (Å²) in [6.45, 7) is 1.86. The standard InChI is InChI=1S/C9H18O5/c1-2-3-4-13-7-9(12)14-6-8(11)5-10/h8,10-11H,2-7H2,1H3. The summed E-state index contributed by atoms with van der Waals surface area (Å²) in [6.07, 6.45) is 0.916. The van der Waals surface area contributed by atoms with Crippen molar-refractivity contribution in [3.05, 3.63) is 0 Å². The van der Waals surface area contributed by atoms with Gasteiger partial charge in [-0.05, 0) is 6.42 Å². The van der Waals surface area contributed by atoms with Gasteiger partial charge in [-0.25, -0.2) is 4.79 Å². The molecule has 0 heterocycles. The molecule has 0 aliphatic heterocycles. The summed E-state index contributed by atoms with van der Waals surface area (Å²) in [5.41, 5.74) is 0. The van der Waals surface area contributed by atoms with E-state index in [0.717, 1.165) is 12.8 Å². The fraction of sp³-hybridized carbons (Fsp3) is 0.889. The lowest BCUT2D eigenvalue weighted by Crippen LogP contribution is -2.23. The van der Waals surface area contributed by atoms with Crippen molar-refractivity contribution >= 4 is 5.97 Å². The maximum absolute atomic E-state index is 10.9. The van der Waals surface area contributed by atoms with E-state index >= 15 is 0 Å². The van der Waals surface area contributed by atoms with Crippen molar-refractivity contribution in [1.82, 2.24) is 0 Å². The van der Waals surface area contributed by atoms with Crippen molar-refractivity contribution in [3.8, 4) is 0 Å². The van der Waals surface area contributed by atoms with Crippen molar-refractivity contribution in [2.24, 2.45) is 0 Å². The van der Waals surface area contributed by atoms with Crippen LogP contribution < -0.4 is 0 Å². The highest BCUT2D eigenvalue weighted by molar-refractivity contribution is 5.70. The first kappa shape index (κ1) is 13.4. The molecule has 0 aliphatic carbocycles. The predicted octanol–water partition coefficient (Wildman–Crippen LogP) is -0.300. The smallest absolute Gasteiger partial charge is 0.332 e. The Morgan fingerprint density at radius 2 is 2.21 bits per heavy atom. The molecule has 0 saturated carbocycles. The molecule has 0 aromatic carbocycles. The highest BCUT2D eigenvalue weighted by Crippen LogP contribution is 1.90. The average Bonchev–Trinajstić information content (AvgIpc) is 2.21. The number of hydrogen-bond acceptors (Lipinski definition) is 5. The number of carbonyl (C=O) groups excluding carboxylic acids is 1. The number of esters is 1. The summed E-state index contributed by atoms with van der Waals surface area (Å²) in [7, 11) is 0. The van der Waals surface area contributed by atoms with Gasteiger partial charge in [-0.15, -0.1) is 0 Å². The first-order valence-electron chi connectivity index (χ1n) is 4.73. The summed E-state index contributed by atoms with van der Waals surface area (Å²) in [4.78, 5) is 10.9.